The molecule has 0 N–H and O–H groups in total. The minimum Gasteiger partial charge on any atom is -0.466 e. The van der Waals surface area contributed by atoms with Gasteiger partial charge in [0.15, 0.2) is 0 Å². The summed E-state index contributed by atoms with van der Waals surface area (Å²) in [6, 6.07) is 14.0. The fourth-order valence-electron chi connectivity index (χ4n) is 1.81. The highest BCUT2D eigenvalue weighted by molar-refractivity contribution is 8.00. The number of methoxy groups -OCH3 is 1. The first-order valence-corrected chi connectivity index (χ1v) is 7.26. The number of carbonyl (C=O) groups is 1. The summed E-state index contributed by atoms with van der Waals surface area (Å²) in [7, 11) is 1.13. The maximum Gasteiger partial charge on any atom is 0.359 e. The summed E-state index contributed by atoms with van der Waals surface area (Å²) in [6.07, 6.45) is 0. The van der Waals surface area contributed by atoms with Gasteiger partial charge in [-0.15, -0.1) is 11.8 Å². The van der Waals surface area contributed by atoms with Crippen LogP contribution in [-0.4, -0.2) is 13.1 Å². The molecule has 0 spiro atoms. The molecule has 0 heterocycles. The van der Waals surface area contributed by atoms with E-state index in [0.717, 1.165) is 36.6 Å². The SMILES string of the molecule is COC(=O)C(F)(SCc1ccccc1)c1ccc(F)cc1. The van der Waals surface area contributed by atoms with Crippen molar-refractivity contribution in [3.05, 3.63) is 71.5 Å². The molecular weight excluding hydrogens is 294 g/mol. The van der Waals surface area contributed by atoms with Crippen LogP contribution in [0.5, 0.6) is 0 Å². The molecule has 0 aromatic heterocycles. The van der Waals surface area contributed by atoms with E-state index in [4.69, 9.17) is 0 Å². The predicted octanol–water partition coefficient (Wildman–Crippen LogP) is 4.05. The standard InChI is InChI=1S/C16H14F2O2S/c1-20-15(19)16(18,13-7-9-14(17)10-8-13)21-11-12-5-3-2-4-6-12/h2-10H,11H2,1H3. The van der Waals surface area contributed by atoms with E-state index in [1.807, 2.05) is 30.3 Å². The zero-order valence-corrected chi connectivity index (χ0v) is 12.2. The molecular formula is C16H14F2O2S. The van der Waals surface area contributed by atoms with Crippen LogP contribution in [0.25, 0.3) is 0 Å². The molecule has 1 atom stereocenters. The van der Waals surface area contributed by atoms with Gasteiger partial charge >= 0.3 is 5.97 Å². The van der Waals surface area contributed by atoms with Gasteiger partial charge < -0.3 is 4.74 Å². The number of esters is 1. The lowest BCUT2D eigenvalue weighted by atomic mass is 10.1. The number of hydrogen-bond donors (Lipinski definition) is 0. The van der Waals surface area contributed by atoms with Crippen LogP contribution in [0.3, 0.4) is 0 Å². The summed E-state index contributed by atoms with van der Waals surface area (Å²) >= 11 is 0.805. The average Bonchev–Trinajstić information content (AvgIpc) is 2.53. The molecule has 5 heteroatoms. The lowest BCUT2D eigenvalue weighted by molar-refractivity contribution is -0.149. The highest BCUT2D eigenvalue weighted by Crippen LogP contribution is 2.41. The number of halogens is 2. The van der Waals surface area contributed by atoms with Crippen molar-refractivity contribution >= 4 is 17.7 Å². The smallest absolute Gasteiger partial charge is 0.359 e. The minimum atomic E-state index is -2.36. The van der Waals surface area contributed by atoms with Gasteiger partial charge in [0.2, 0.25) is 0 Å². The lowest BCUT2D eigenvalue weighted by Crippen LogP contribution is -2.29. The van der Waals surface area contributed by atoms with E-state index < -0.39 is 16.8 Å². The van der Waals surface area contributed by atoms with Gasteiger partial charge in [0.1, 0.15) is 5.82 Å². The van der Waals surface area contributed by atoms with E-state index in [-0.39, 0.29) is 5.56 Å². The largest absolute Gasteiger partial charge is 0.466 e. The second-order valence-corrected chi connectivity index (χ2v) is 5.51. The fraction of sp³-hybridized carbons (Fsp3) is 0.188. The van der Waals surface area contributed by atoms with Gasteiger partial charge in [0.25, 0.3) is 5.00 Å². The van der Waals surface area contributed by atoms with Crippen LogP contribution in [0.4, 0.5) is 8.78 Å². The molecule has 1 unspecified atom stereocenters. The van der Waals surface area contributed by atoms with E-state index in [0.29, 0.717) is 5.75 Å². The van der Waals surface area contributed by atoms with Gasteiger partial charge in [-0.1, -0.05) is 42.5 Å². The Morgan fingerprint density at radius 2 is 1.76 bits per heavy atom. The van der Waals surface area contributed by atoms with Crippen molar-refractivity contribution in [1.29, 1.82) is 0 Å². The summed E-state index contributed by atoms with van der Waals surface area (Å²) < 4.78 is 32.6. The molecule has 0 aliphatic carbocycles. The number of benzene rings is 2. The molecule has 2 aromatic carbocycles. The molecule has 0 fully saturated rings. The molecule has 0 saturated heterocycles. The second kappa shape index (κ2) is 6.72. The highest BCUT2D eigenvalue weighted by atomic mass is 32.2. The number of rotatable bonds is 5. The van der Waals surface area contributed by atoms with Crippen molar-refractivity contribution in [2.24, 2.45) is 0 Å². The van der Waals surface area contributed by atoms with Gasteiger partial charge in [-0.25, -0.2) is 13.6 Å². The van der Waals surface area contributed by atoms with Crippen molar-refractivity contribution < 1.29 is 18.3 Å². The molecule has 0 aliphatic heterocycles. The summed E-state index contributed by atoms with van der Waals surface area (Å²) in [4.78, 5) is 11.8. The Bertz CT molecular complexity index is 601. The Hall–Kier alpha value is -1.88. The summed E-state index contributed by atoms with van der Waals surface area (Å²) in [6.45, 7) is 0. The number of thioether (sulfide) groups is 1. The molecule has 110 valence electrons. The molecule has 0 amide bonds. The topological polar surface area (TPSA) is 26.3 Å². The van der Waals surface area contributed by atoms with Crippen LogP contribution in [0.15, 0.2) is 54.6 Å². The van der Waals surface area contributed by atoms with Crippen molar-refractivity contribution in [3.8, 4) is 0 Å². The van der Waals surface area contributed by atoms with E-state index >= 15 is 4.39 Å². The quantitative estimate of drug-likeness (QED) is 0.779. The first-order valence-electron chi connectivity index (χ1n) is 6.27. The van der Waals surface area contributed by atoms with Crippen LogP contribution >= 0.6 is 11.8 Å². The first kappa shape index (κ1) is 15.5. The predicted molar refractivity (Wildman–Crippen MR) is 78.9 cm³/mol. The molecule has 2 aromatic rings. The molecule has 0 aliphatic rings. The number of hydrogen-bond acceptors (Lipinski definition) is 3. The van der Waals surface area contributed by atoms with Crippen LogP contribution in [0.1, 0.15) is 11.1 Å². The normalized spacial score (nSPS) is 13.5. The van der Waals surface area contributed by atoms with Gasteiger partial charge in [-0.2, -0.15) is 0 Å². The lowest BCUT2D eigenvalue weighted by Gasteiger charge is -2.22. The zero-order valence-electron chi connectivity index (χ0n) is 11.4. The molecule has 2 rings (SSSR count). The number of alkyl halides is 1. The molecule has 0 bridgehead atoms. The average molecular weight is 308 g/mol. The molecule has 0 saturated carbocycles. The monoisotopic (exact) mass is 308 g/mol. The number of ether oxygens (including phenoxy) is 1. The Morgan fingerprint density at radius 3 is 2.33 bits per heavy atom. The van der Waals surface area contributed by atoms with E-state index in [1.165, 1.54) is 12.1 Å². The molecule has 21 heavy (non-hydrogen) atoms. The van der Waals surface area contributed by atoms with Crippen molar-refractivity contribution in [2.75, 3.05) is 7.11 Å². The highest BCUT2D eigenvalue weighted by Gasteiger charge is 2.42. The van der Waals surface area contributed by atoms with Crippen LogP contribution in [0.2, 0.25) is 0 Å². The number of carbonyl (C=O) groups excluding carboxylic acids is 1. The third-order valence-corrected chi connectivity index (χ3v) is 4.22. The van der Waals surface area contributed by atoms with E-state index in [9.17, 15) is 9.18 Å². The molecule has 0 radical (unpaired) electrons. The van der Waals surface area contributed by atoms with Crippen LogP contribution in [-0.2, 0) is 20.3 Å². The summed E-state index contributed by atoms with van der Waals surface area (Å²) in [5, 5.41) is -2.36. The zero-order chi connectivity index (χ0) is 15.3. The van der Waals surface area contributed by atoms with Crippen LogP contribution in [0, 0.1) is 5.82 Å². The van der Waals surface area contributed by atoms with Crippen molar-refractivity contribution in [1.82, 2.24) is 0 Å². The summed E-state index contributed by atoms with van der Waals surface area (Å²) in [5.74, 6) is -1.20. The summed E-state index contributed by atoms with van der Waals surface area (Å²) in [5.41, 5.74) is 0.951. The van der Waals surface area contributed by atoms with Gasteiger partial charge in [-0.05, 0) is 17.7 Å². The Balaban J connectivity index is 2.25. The van der Waals surface area contributed by atoms with Gasteiger partial charge in [0, 0.05) is 11.3 Å². The molecule has 2 nitrogen and oxygen atoms in total. The Morgan fingerprint density at radius 1 is 1.14 bits per heavy atom. The Kier molecular flexibility index (Phi) is 4.96. The van der Waals surface area contributed by atoms with Crippen molar-refractivity contribution in [2.45, 2.75) is 10.8 Å². The Labute approximate surface area is 126 Å². The van der Waals surface area contributed by atoms with E-state index in [1.54, 1.807) is 0 Å². The van der Waals surface area contributed by atoms with Gasteiger partial charge in [0.05, 0.1) is 7.11 Å². The minimum absolute atomic E-state index is 0.0664. The maximum atomic E-state index is 15.1. The third kappa shape index (κ3) is 3.61. The van der Waals surface area contributed by atoms with E-state index in [2.05, 4.69) is 4.74 Å². The fourth-order valence-corrected chi connectivity index (χ4v) is 2.87. The second-order valence-electron chi connectivity index (χ2n) is 4.37. The van der Waals surface area contributed by atoms with Crippen LogP contribution < -0.4 is 0 Å². The first-order chi connectivity index (χ1) is 10.1. The van der Waals surface area contributed by atoms with Crippen molar-refractivity contribution in [3.63, 3.8) is 0 Å². The maximum absolute atomic E-state index is 15.1. The van der Waals surface area contributed by atoms with Gasteiger partial charge in [-0.3, -0.25) is 0 Å². The third-order valence-electron chi connectivity index (χ3n) is 2.94.